The van der Waals surface area contributed by atoms with Gasteiger partial charge in [0.2, 0.25) is 0 Å². The first kappa shape index (κ1) is 17.9. The van der Waals surface area contributed by atoms with E-state index in [1.165, 1.54) is 64.2 Å². The molecule has 0 aliphatic heterocycles. The molecule has 0 aromatic rings. The minimum atomic E-state index is 0. The van der Waals surface area contributed by atoms with Gasteiger partial charge >= 0.3 is 17.4 Å². The first-order chi connectivity index (χ1) is 6.91. The first-order valence-corrected chi connectivity index (χ1v) is 6.52. The van der Waals surface area contributed by atoms with Crippen LogP contribution in [0, 0.1) is 0 Å². The van der Waals surface area contributed by atoms with E-state index in [0.29, 0.717) is 6.61 Å². The van der Waals surface area contributed by atoms with Crippen LogP contribution in [0.5, 0.6) is 0 Å². The topological polar surface area (TPSA) is 20.2 Å². The van der Waals surface area contributed by atoms with Crippen LogP contribution in [0.2, 0.25) is 0 Å². The maximum atomic E-state index is 8.59. The van der Waals surface area contributed by atoms with Crippen LogP contribution in [0.4, 0.5) is 0 Å². The van der Waals surface area contributed by atoms with Crippen molar-refractivity contribution in [2.45, 2.75) is 77.6 Å². The Morgan fingerprint density at radius 1 is 0.600 bits per heavy atom. The fourth-order valence-corrected chi connectivity index (χ4v) is 1.78. The normalized spacial score (nSPS) is 10.0. The molecule has 0 bridgehead atoms. The summed E-state index contributed by atoms with van der Waals surface area (Å²) in [6.07, 6.45) is 14.8. The van der Waals surface area contributed by atoms with Crippen LogP contribution in [-0.2, 0) is 0 Å². The van der Waals surface area contributed by atoms with Crippen LogP contribution in [0.3, 0.4) is 0 Å². The summed E-state index contributed by atoms with van der Waals surface area (Å²) in [7, 11) is 0. The molecule has 0 fully saturated rings. The number of aliphatic hydroxyl groups excluding tert-OH is 1. The maximum Gasteiger partial charge on any atom is 3.00 e. The predicted molar refractivity (Wildman–Crippen MR) is 69.3 cm³/mol. The summed E-state index contributed by atoms with van der Waals surface area (Å²) in [5.74, 6) is 0. The number of unbranched alkanes of at least 4 members (excludes halogenated alkanes) is 10. The van der Waals surface area contributed by atoms with Gasteiger partial charge < -0.3 is 5.11 Å². The van der Waals surface area contributed by atoms with Gasteiger partial charge in [-0.05, 0) is 6.42 Å². The Bertz CT molecular complexity index is 84.5. The van der Waals surface area contributed by atoms with Crippen molar-refractivity contribution in [2.24, 2.45) is 0 Å². The van der Waals surface area contributed by atoms with E-state index in [-0.39, 0.29) is 17.4 Å². The van der Waals surface area contributed by atoms with E-state index >= 15 is 0 Å². The Hall–Kier alpha value is 0.492. The van der Waals surface area contributed by atoms with E-state index in [1.807, 2.05) is 0 Å². The van der Waals surface area contributed by atoms with Gasteiger partial charge in [0.25, 0.3) is 0 Å². The van der Waals surface area contributed by atoms with Gasteiger partial charge in [0.1, 0.15) is 0 Å². The molecule has 2 heteroatoms. The zero-order valence-electron chi connectivity index (χ0n) is 10.5. The van der Waals surface area contributed by atoms with Crippen molar-refractivity contribution in [1.29, 1.82) is 0 Å². The molecule has 0 spiro atoms. The molecule has 0 aromatic heterocycles. The molecule has 0 rings (SSSR count). The van der Waals surface area contributed by atoms with Crippen molar-refractivity contribution in [2.75, 3.05) is 6.61 Å². The molecule has 0 atom stereocenters. The summed E-state index contributed by atoms with van der Waals surface area (Å²) < 4.78 is 0. The van der Waals surface area contributed by atoms with Crippen LogP contribution in [0.25, 0.3) is 0 Å². The van der Waals surface area contributed by atoms with E-state index in [4.69, 9.17) is 5.11 Å². The van der Waals surface area contributed by atoms with Crippen LogP contribution >= 0.6 is 0 Å². The molecule has 0 saturated carbocycles. The van der Waals surface area contributed by atoms with E-state index < -0.39 is 0 Å². The molecule has 1 nitrogen and oxygen atoms in total. The molecule has 0 aliphatic carbocycles. The van der Waals surface area contributed by atoms with Crippen molar-refractivity contribution in [3.63, 3.8) is 0 Å². The van der Waals surface area contributed by atoms with E-state index in [2.05, 4.69) is 6.92 Å². The summed E-state index contributed by atoms with van der Waals surface area (Å²) in [5, 5.41) is 8.59. The van der Waals surface area contributed by atoms with Gasteiger partial charge in [-0.3, -0.25) is 0 Å². The summed E-state index contributed by atoms with van der Waals surface area (Å²) in [4.78, 5) is 0. The Labute approximate surface area is 107 Å². The van der Waals surface area contributed by atoms with Crippen molar-refractivity contribution in [3.05, 3.63) is 0 Å². The monoisotopic (exact) mass is 227 g/mol. The summed E-state index contributed by atoms with van der Waals surface area (Å²) >= 11 is 0. The molecule has 15 heavy (non-hydrogen) atoms. The SMILES string of the molecule is CCCCCCCCCCCCCO.[Al+3]. The Kier molecular flexibility index (Phi) is 20.1. The van der Waals surface area contributed by atoms with Crippen molar-refractivity contribution in [1.82, 2.24) is 0 Å². The van der Waals surface area contributed by atoms with Crippen LogP contribution in [-0.4, -0.2) is 29.1 Å². The third-order valence-corrected chi connectivity index (χ3v) is 2.76. The molecule has 0 unspecified atom stereocenters. The second kappa shape index (κ2) is 16.9. The zero-order valence-corrected chi connectivity index (χ0v) is 11.7. The Morgan fingerprint density at radius 3 is 1.27 bits per heavy atom. The van der Waals surface area contributed by atoms with Gasteiger partial charge in [-0.15, -0.1) is 0 Å². The number of aliphatic hydroxyl groups is 1. The number of rotatable bonds is 11. The third-order valence-electron chi connectivity index (χ3n) is 2.76. The van der Waals surface area contributed by atoms with E-state index in [0.717, 1.165) is 6.42 Å². The van der Waals surface area contributed by atoms with Gasteiger partial charge in [-0.1, -0.05) is 71.1 Å². The molecular weight excluding hydrogens is 199 g/mol. The molecule has 0 heterocycles. The molecule has 0 radical (unpaired) electrons. The zero-order chi connectivity index (χ0) is 10.5. The van der Waals surface area contributed by atoms with E-state index in [9.17, 15) is 0 Å². The second-order valence-corrected chi connectivity index (χ2v) is 4.26. The van der Waals surface area contributed by atoms with Gasteiger partial charge in [0.15, 0.2) is 0 Å². The standard InChI is InChI=1S/C13H28O.Al/c1-2-3-4-5-6-7-8-9-10-11-12-13-14;/h14H,2-13H2,1H3;/q;+3. The average Bonchev–Trinajstić information content (AvgIpc) is 2.21. The minimum Gasteiger partial charge on any atom is -0.396 e. The summed E-state index contributed by atoms with van der Waals surface area (Å²) in [5.41, 5.74) is 0. The second-order valence-electron chi connectivity index (χ2n) is 4.26. The minimum absolute atomic E-state index is 0. The van der Waals surface area contributed by atoms with Crippen molar-refractivity contribution in [3.8, 4) is 0 Å². The van der Waals surface area contributed by atoms with Crippen molar-refractivity contribution < 1.29 is 5.11 Å². The van der Waals surface area contributed by atoms with Crippen LogP contribution in [0.1, 0.15) is 77.6 Å². The molecule has 0 aliphatic rings. The quantitative estimate of drug-likeness (QED) is 0.419. The molecular formula is C13H28AlO+3. The molecule has 1 N–H and O–H groups in total. The Balaban J connectivity index is 0. The first-order valence-electron chi connectivity index (χ1n) is 6.52. The largest absolute Gasteiger partial charge is 3.00 e. The summed E-state index contributed by atoms with van der Waals surface area (Å²) in [6.45, 7) is 2.64. The summed E-state index contributed by atoms with van der Waals surface area (Å²) in [6, 6.07) is 0. The van der Waals surface area contributed by atoms with Crippen LogP contribution in [0.15, 0.2) is 0 Å². The van der Waals surface area contributed by atoms with Gasteiger partial charge in [-0.2, -0.15) is 0 Å². The fraction of sp³-hybridized carbons (Fsp3) is 1.00. The van der Waals surface area contributed by atoms with Crippen LogP contribution < -0.4 is 0 Å². The van der Waals surface area contributed by atoms with E-state index in [1.54, 1.807) is 0 Å². The number of hydrogen-bond acceptors (Lipinski definition) is 1. The smallest absolute Gasteiger partial charge is 0.396 e. The third kappa shape index (κ3) is 17.1. The Morgan fingerprint density at radius 2 is 0.933 bits per heavy atom. The number of hydrogen-bond donors (Lipinski definition) is 1. The molecule has 86 valence electrons. The fourth-order valence-electron chi connectivity index (χ4n) is 1.78. The van der Waals surface area contributed by atoms with Gasteiger partial charge in [0, 0.05) is 6.61 Å². The molecule has 0 aromatic carbocycles. The van der Waals surface area contributed by atoms with Gasteiger partial charge in [0.05, 0.1) is 0 Å². The molecule has 0 saturated heterocycles. The van der Waals surface area contributed by atoms with Gasteiger partial charge in [-0.25, -0.2) is 0 Å². The van der Waals surface area contributed by atoms with Crippen molar-refractivity contribution >= 4 is 17.4 Å². The molecule has 0 amide bonds. The average molecular weight is 227 g/mol. The predicted octanol–water partition coefficient (Wildman–Crippen LogP) is 3.91. The maximum absolute atomic E-state index is 8.59.